The minimum absolute atomic E-state index is 0.273. The molecular formula is C13H16BrFN2O2S. The summed E-state index contributed by atoms with van der Waals surface area (Å²) in [6.07, 6.45) is 0.420. The van der Waals surface area contributed by atoms with E-state index in [4.69, 9.17) is 22.7 Å². The highest BCUT2D eigenvalue weighted by Crippen LogP contribution is 2.17. The molecule has 4 nitrogen and oxygen atoms in total. The maximum atomic E-state index is 13.5. The summed E-state index contributed by atoms with van der Waals surface area (Å²) in [4.78, 5) is 14.2. The Kier molecular flexibility index (Phi) is 7.04. The van der Waals surface area contributed by atoms with E-state index in [0.29, 0.717) is 35.6 Å². The molecule has 0 saturated heterocycles. The summed E-state index contributed by atoms with van der Waals surface area (Å²) < 4.78 is 18.8. The van der Waals surface area contributed by atoms with E-state index >= 15 is 0 Å². The zero-order chi connectivity index (χ0) is 15.1. The molecule has 0 heterocycles. The molecule has 1 rings (SSSR count). The smallest absolute Gasteiger partial charge is 0.254 e. The number of nitrogens with two attached hydrogens (primary N) is 1. The molecule has 2 N–H and O–H groups in total. The Balaban J connectivity index is 2.84. The van der Waals surface area contributed by atoms with Crippen LogP contribution in [-0.4, -0.2) is 42.6 Å². The number of rotatable bonds is 7. The fourth-order valence-electron chi connectivity index (χ4n) is 1.57. The van der Waals surface area contributed by atoms with Crippen LogP contribution in [0.25, 0.3) is 0 Å². The van der Waals surface area contributed by atoms with E-state index in [-0.39, 0.29) is 11.5 Å². The fourth-order valence-corrected chi connectivity index (χ4v) is 1.91. The van der Waals surface area contributed by atoms with Gasteiger partial charge in [0.05, 0.1) is 16.1 Å². The van der Waals surface area contributed by atoms with Crippen LogP contribution in [0.4, 0.5) is 4.39 Å². The second kappa shape index (κ2) is 8.28. The number of hydrogen-bond acceptors (Lipinski definition) is 3. The van der Waals surface area contributed by atoms with Crippen molar-refractivity contribution in [1.82, 2.24) is 4.90 Å². The summed E-state index contributed by atoms with van der Waals surface area (Å²) in [5, 5.41) is 0. The van der Waals surface area contributed by atoms with Crippen LogP contribution in [0.15, 0.2) is 22.7 Å². The van der Waals surface area contributed by atoms with Gasteiger partial charge in [0, 0.05) is 32.2 Å². The van der Waals surface area contributed by atoms with Crippen molar-refractivity contribution in [1.29, 1.82) is 0 Å². The van der Waals surface area contributed by atoms with Gasteiger partial charge in [-0.3, -0.25) is 4.79 Å². The van der Waals surface area contributed by atoms with Gasteiger partial charge in [0.25, 0.3) is 5.91 Å². The van der Waals surface area contributed by atoms with E-state index in [1.807, 2.05) is 0 Å². The van der Waals surface area contributed by atoms with Crippen molar-refractivity contribution in [3.05, 3.63) is 34.1 Å². The Morgan fingerprint density at radius 3 is 2.75 bits per heavy atom. The number of methoxy groups -OCH3 is 1. The number of hydrogen-bond donors (Lipinski definition) is 1. The van der Waals surface area contributed by atoms with Gasteiger partial charge in [-0.15, -0.1) is 0 Å². The SMILES string of the molecule is COCCN(CCC(N)=S)C(=O)c1ccc(Br)c(F)c1. The molecule has 1 aromatic carbocycles. The summed E-state index contributed by atoms with van der Waals surface area (Å²) >= 11 is 7.86. The van der Waals surface area contributed by atoms with Crippen molar-refractivity contribution < 1.29 is 13.9 Å². The molecule has 0 aliphatic carbocycles. The summed E-state index contributed by atoms with van der Waals surface area (Å²) in [5.41, 5.74) is 5.73. The van der Waals surface area contributed by atoms with Crippen LogP contribution >= 0.6 is 28.1 Å². The summed E-state index contributed by atoms with van der Waals surface area (Å²) in [6.45, 7) is 1.17. The van der Waals surface area contributed by atoms with E-state index in [1.54, 1.807) is 18.1 Å². The molecule has 0 aromatic heterocycles. The van der Waals surface area contributed by atoms with E-state index < -0.39 is 5.82 Å². The highest BCUT2D eigenvalue weighted by molar-refractivity contribution is 9.10. The molecule has 0 radical (unpaired) electrons. The molecular weight excluding hydrogens is 347 g/mol. The van der Waals surface area contributed by atoms with E-state index in [9.17, 15) is 9.18 Å². The van der Waals surface area contributed by atoms with Gasteiger partial charge < -0.3 is 15.4 Å². The topological polar surface area (TPSA) is 55.6 Å². The second-order valence-corrected chi connectivity index (χ2v) is 5.51. The average Bonchev–Trinajstić information content (AvgIpc) is 2.41. The Morgan fingerprint density at radius 2 is 2.20 bits per heavy atom. The van der Waals surface area contributed by atoms with Gasteiger partial charge in [0.15, 0.2) is 0 Å². The van der Waals surface area contributed by atoms with E-state index in [1.165, 1.54) is 12.1 Å². The lowest BCUT2D eigenvalue weighted by atomic mass is 10.2. The molecule has 7 heteroatoms. The molecule has 0 unspecified atom stereocenters. The first-order chi connectivity index (χ1) is 9.45. The van der Waals surface area contributed by atoms with Gasteiger partial charge >= 0.3 is 0 Å². The number of amides is 1. The van der Waals surface area contributed by atoms with E-state index in [2.05, 4.69) is 15.9 Å². The first-order valence-electron chi connectivity index (χ1n) is 5.97. The zero-order valence-corrected chi connectivity index (χ0v) is 13.5. The Bertz CT molecular complexity index is 499. The molecule has 20 heavy (non-hydrogen) atoms. The van der Waals surface area contributed by atoms with Crippen LogP contribution in [0.3, 0.4) is 0 Å². The molecule has 1 aromatic rings. The molecule has 0 aliphatic rings. The Hall–Kier alpha value is -1.05. The van der Waals surface area contributed by atoms with Crippen LogP contribution in [0, 0.1) is 5.82 Å². The molecule has 0 fully saturated rings. The van der Waals surface area contributed by atoms with Crippen LogP contribution in [0.5, 0.6) is 0 Å². The number of carbonyl (C=O) groups is 1. The first-order valence-corrected chi connectivity index (χ1v) is 7.17. The Labute approximate surface area is 131 Å². The normalized spacial score (nSPS) is 10.3. The number of halogens is 2. The van der Waals surface area contributed by atoms with Crippen molar-refractivity contribution >= 4 is 39.0 Å². The monoisotopic (exact) mass is 362 g/mol. The highest BCUT2D eigenvalue weighted by Gasteiger charge is 2.17. The fraction of sp³-hybridized carbons (Fsp3) is 0.385. The van der Waals surface area contributed by atoms with Gasteiger partial charge in [-0.05, 0) is 34.1 Å². The number of ether oxygens (including phenoxy) is 1. The minimum Gasteiger partial charge on any atom is -0.393 e. The molecule has 0 bridgehead atoms. The van der Waals surface area contributed by atoms with Crippen molar-refractivity contribution in [3.63, 3.8) is 0 Å². The summed E-state index contributed by atoms with van der Waals surface area (Å²) in [6, 6.07) is 4.27. The second-order valence-electron chi connectivity index (χ2n) is 4.13. The largest absolute Gasteiger partial charge is 0.393 e. The maximum Gasteiger partial charge on any atom is 0.254 e. The van der Waals surface area contributed by atoms with Crippen LogP contribution in [0.2, 0.25) is 0 Å². The van der Waals surface area contributed by atoms with Crippen LogP contribution in [0.1, 0.15) is 16.8 Å². The third-order valence-corrected chi connectivity index (χ3v) is 3.49. The van der Waals surface area contributed by atoms with Gasteiger partial charge in [0.2, 0.25) is 0 Å². The predicted molar refractivity (Wildman–Crippen MR) is 83.3 cm³/mol. The number of thiocarbonyl (C=S) groups is 1. The molecule has 0 saturated carbocycles. The lowest BCUT2D eigenvalue weighted by Crippen LogP contribution is -2.36. The molecule has 1 amide bonds. The Morgan fingerprint density at radius 1 is 1.50 bits per heavy atom. The number of benzene rings is 1. The van der Waals surface area contributed by atoms with Crippen molar-refractivity contribution in [2.24, 2.45) is 5.73 Å². The van der Waals surface area contributed by atoms with Crippen molar-refractivity contribution in [2.45, 2.75) is 6.42 Å². The zero-order valence-electron chi connectivity index (χ0n) is 11.1. The number of nitrogens with zero attached hydrogens (tertiary/aromatic N) is 1. The van der Waals surface area contributed by atoms with Gasteiger partial charge in [-0.25, -0.2) is 4.39 Å². The van der Waals surface area contributed by atoms with Crippen LogP contribution < -0.4 is 5.73 Å². The first kappa shape index (κ1) is 17.0. The standard InChI is InChI=1S/C13H16BrFN2O2S/c1-19-7-6-17(5-4-12(16)20)13(18)9-2-3-10(14)11(15)8-9/h2-3,8H,4-7H2,1H3,(H2,16,20). The average molecular weight is 363 g/mol. The van der Waals surface area contributed by atoms with E-state index in [0.717, 1.165) is 0 Å². The predicted octanol–water partition coefficient (Wildman–Crippen LogP) is 2.35. The summed E-state index contributed by atoms with van der Waals surface area (Å²) in [7, 11) is 1.55. The lowest BCUT2D eigenvalue weighted by molar-refractivity contribution is 0.0701. The van der Waals surface area contributed by atoms with Crippen molar-refractivity contribution in [2.75, 3.05) is 26.8 Å². The van der Waals surface area contributed by atoms with Crippen molar-refractivity contribution in [3.8, 4) is 0 Å². The maximum absolute atomic E-state index is 13.5. The van der Waals surface area contributed by atoms with Gasteiger partial charge in [-0.1, -0.05) is 12.2 Å². The summed E-state index contributed by atoms with van der Waals surface area (Å²) in [5.74, 6) is -0.749. The minimum atomic E-state index is -0.475. The molecule has 0 aliphatic heterocycles. The number of carbonyl (C=O) groups excluding carboxylic acids is 1. The molecule has 0 spiro atoms. The van der Waals surface area contributed by atoms with Crippen LogP contribution in [-0.2, 0) is 4.74 Å². The third-order valence-electron chi connectivity index (χ3n) is 2.65. The van der Waals surface area contributed by atoms with Gasteiger partial charge in [-0.2, -0.15) is 0 Å². The molecule has 110 valence electrons. The molecule has 0 atom stereocenters. The third kappa shape index (κ3) is 5.15. The highest BCUT2D eigenvalue weighted by atomic mass is 79.9. The van der Waals surface area contributed by atoms with Gasteiger partial charge in [0.1, 0.15) is 5.82 Å². The lowest BCUT2D eigenvalue weighted by Gasteiger charge is -2.22. The quantitative estimate of drug-likeness (QED) is 0.756.